The average molecular weight is 484 g/mol. The Labute approximate surface area is 198 Å². The zero-order valence-electron chi connectivity index (χ0n) is 18.6. The number of aromatic nitrogens is 2. The topological polar surface area (TPSA) is 123 Å². The van der Waals surface area contributed by atoms with Gasteiger partial charge in [-0.2, -0.15) is 8.42 Å². The van der Waals surface area contributed by atoms with Crippen molar-refractivity contribution in [1.82, 2.24) is 9.97 Å². The van der Waals surface area contributed by atoms with Crippen LogP contribution in [0.5, 0.6) is 0 Å². The maximum Gasteiger partial charge on any atom is 0.323 e. The molecule has 0 bridgehead atoms. The molecule has 1 aromatic heterocycles. The highest BCUT2D eigenvalue weighted by Gasteiger charge is 2.17. The summed E-state index contributed by atoms with van der Waals surface area (Å²) in [5.74, 6) is 1.10. The molecule has 3 aromatic rings. The number of benzene rings is 2. The number of ether oxygens (including phenoxy) is 1. The molecule has 0 saturated carbocycles. The molecule has 1 saturated heterocycles. The second-order valence-electron chi connectivity index (χ2n) is 7.63. The van der Waals surface area contributed by atoms with Crippen molar-refractivity contribution in [2.75, 3.05) is 48.1 Å². The molecule has 0 aliphatic carbocycles. The normalized spacial score (nSPS) is 14.0. The fourth-order valence-corrected chi connectivity index (χ4v) is 3.66. The monoisotopic (exact) mass is 483 g/mol. The first kappa shape index (κ1) is 23.6. The third kappa shape index (κ3) is 6.73. The molecule has 10 nitrogen and oxygen atoms in total. The van der Waals surface area contributed by atoms with Gasteiger partial charge in [0.15, 0.2) is 5.82 Å². The van der Waals surface area contributed by atoms with E-state index in [4.69, 9.17) is 8.92 Å². The number of carbonyl (C=O) groups excluding carboxylic acids is 1. The fourth-order valence-electron chi connectivity index (χ4n) is 3.33. The Morgan fingerprint density at radius 2 is 1.65 bits per heavy atom. The number of hydrogen-bond donors (Lipinski definition) is 2. The first-order valence-electron chi connectivity index (χ1n) is 10.6. The highest BCUT2D eigenvalue weighted by molar-refractivity contribution is 7.85. The lowest BCUT2D eigenvalue weighted by Crippen LogP contribution is -2.37. The Kier molecular flexibility index (Phi) is 7.36. The Hall–Kier alpha value is -3.54. The number of urea groups is 1. The van der Waals surface area contributed by atoms with E-state index in [1.807, 2.05) is 18.2 Å². The first-order chi connectivity index (χ1) is 16.4. The van der Waals surface area contributed by atoms with Gasteiger partial charge in [-0.25, -0.2) is 14.8 Å². The molecular weight excluding hydrogens is 458 g/mol. The number of anilines is 3. The van der Waals surface area contributed by atoms with Gasteiger partial charge in [0, 0.05) is 36.1 Å². The second kappa shape index (κ2) is 10.6. The largest absolute Gasteiger partial charge is 0.378 e. The van der Waals surface area contributed by atoms with Gasteiger partial charge in [-0.05, 0) is 36.4 Å². The molecular formula is C23H25N5O5S. The zero-order chi connectivity index (χ0) is 24.0. The summed E-state index contributed by atoms with van der Waals surface area (Å²) in [6.07, 6.45) is 0.998. The van der Waals surface area contributed by atoms with Crippen molar-refractivity contribution in [1.29, 1.82) is 0 Å². The summed E-state index contributed by atoms with van der Waals surface area (Å²) in [4.78, 5) is 23.4. The Morgan fingerprint density at radius 3 is 2.29 bits per heavy atom. The van der Waals surface area contributed by atoms with E-state index in [-0.39, 0.29) is 12.6 Å². The standard InChI is InChI=1S/C23H25N5O5S/c1-34(30,31)33-16-20-15-21(28-11-13-32-14-12-28)27-22(24-20)17-7-9-19(10-8-17)26-23(29)25-18-5-3-2-4-6-18/h2-10,15H,11-14,16H2,1H3,(H2,25,26,29). The Bertz CT molecular complexity index is 1230. The Morgan fingerprint density at radius 1 is 1.00 bits per heavy atom. The third-order valence-corrected chi connectivity index (χ3v) is 5.50. The van der Waals surface area contributed by atoms with Crippen molar-refractivity contribution in [3.63, 3.8) is 0 Å². The van der Waals surface area contributed by atoms with Crippen LogP contribution in [0.4, 0.5) is 22.0 Å². The van der Waals surface area contributed by atoms with Gasteiger partial charge in [0.1, 0.15) is 12.4 Å². The minimum absolute atomic E-state index is 0.189. The van der Waals surface area contributed by atoms with E-state index in [1.54, 1.807) is 42.5 Å². The summed E-state index contributed by atoms with van der Waals surface area (Å²) >= 11 is 0. The third-order valence-electron chi connectivity index (χ3n) is 4.95. The molecule has 2 N–H and O–H groups in total. The molecule has 0 spiro atoms. The smallest absolute Gasteiger partial charge is 0.323 e. The van der Waals surface area contributed by atoms with E-state index in [0.717, 1.165) is 6.26 Å². The van der Waals surface area contributed by atoms with E-state index >= 15 is 0 Å². The summed E-state index contributed by atoms with van der Waals surface area (Å²) in [6, 6.07) is 17.6. The molecule has 1 aliphatic rings. The molecule has 0 atom stereocenters. The minimum Gasteiger partial charge on any atom is -0.378 e. The number of nitrogens with one attached hydrogen (secondary N) is 2. The van der Waals surface area contributed by atoms with E-state index in [9.17, 15) is 13.2 Å². The molecule has 178 valence electrons. The number of amides is 2. The predicted molar refractivity (Wildman–Crippen MR) is 129 cm³/mol. The minimum atomic E-state index is -3.62. The van der Waals surface area contributed by atoms with Crippen LogP contribution in [0.15, 0.2) is 60.7 Å². The van der Waals surface area contributed by atoms with Crippen LogP contribution in [0.3, 0.4) is 0 Å². The first-order valence-corrected chi connectivity index (χ1v) is 12.5. The van der Waals surface area contributed by atoms with Gasteiger partial charge in [-0.3, -0.25) is 4.18 Å². The zero-order valence-corrected chi connectivity index (χ0v) is 19.4. The summed E-state index contributed by atoms with van der Waals surface area (Å²) in [6.45, 7) is 2.31. The number of rotatable bonds is 7. The van der Waals surface area contributed by atoms with Gasteiger partial charge in [0.25, 0.3) is 10.1 Å². The number of nitrogens with zero attached hydrogens (tertiary/aromatic N) is 3. The maximum absolute atomic E-state index is 12.2. The average Bonchev–Trinajstić information content (AvgIpc) is 2.84. The molecule has 2 heterocycles. The SMILES string of the molecule is CS(=O)(=O)OCc1cc(N2CCOCC2)nc(-c2ccc(NC(=O)Nc3ccccc3)cc2)n1. The Balaban J connectivity index is 1.52. The molecule has 0 radical (unpaired) electrons. The van der Waals surface area contributed by atoms with Crippen molar-refractivity contribution in [3.05, 3.63) is 66.4 Å². The van der Waals surface area contributed by atoms with E-state index < -0.39 is 10.1 Å². The van der Waals surface area contributed by atoms with Gasteiger partial charge in [0.05, 0.1) is 25.2 Å². The van der Waals surface area contributed by atoms with Crippen molar-refractivity contribution in [2.24, 2.45) is 0 Å². The summed E-state index contributed by atoms with van der Waals surface area (Å²) < 4.78 is 33.3. The predicted octanol–water partition coefficient (Wildman–Crippen LogP) is 3.10. The summed E-state index contributed by atoms with van der Waals surface area (Å²) in [7, 11) is -3.62. The van der Waals surface area contributed by atoms with Crippen molar-refractivity contribution in [3.8, 4) is 11.4 Å². The van der Waals surface area contributed by atoms with Gasteiger partial charge >= 0.3 is 6.03 Å². The van der Waals surface area contributed by atoms with E-state index in [2.05, 4.69) is 25.5 Å². The lowest BCUT2D eigenvalue weighted by molar-refractivity contribution is 0.122. The molecule has 2 aromatic carbocycles. The number of carbonyl (C=O) groups is 1. The van der Waals surface area contributed by atoms with Crippen LogP contribution < -0.4 is 15.5 Å². The van der Waals surface area contributed by atoms with Gasteiger partial charge < -0.3 is 20.3 Å². The lowest BCUT2D eigenvalue weighted by atomic mass is 10.2. The molecule has 2 amide bonds. The van der Waals surface area contributed by atoms with Crippen LogP contribution in [0.1, 0.15) is 5.69 Å². The highest BCUT2D eigenvalue weighted by atomic mass is 32.2. The molecule has 4 rings (SSSR count). The van der Waals surface area contributed by atoms with Crippen LogP contribution in [0.2, 0.25) is 0 Å². The van der Waals surface area contributed by atoms with E-state index in [0.29, 0.717) is 60.6 Å². The fraction of sp³-hybridized carbons (Fsp3) is 0.261. The quantitative estimate of drug-likeness (QED) is 0.492. The molecule has 11 heteroatoms. The van der Waals surface area contributed by atoms with E-state index in [1.165, 1.54) is 0 Å². The van der Waals surface area contributed by atoms with Gasteiger partial charge in [-0.1, -0.05) is 18.2 Å². The molecule has 34 heavy (non-hydrogen) atoms. The molecule has 1 aliphatic heterocycles. The van der Waals surface area contributed by atoms with Crippen LogP contribution in [0, 0.1) is 0 Å². The van der Waals surface area contributed by atoms with Crippen molar-refractivity contribution >= 4 is 33.3 Å². The van der Waals surface area contributed by atoms with Crippen molar-refractivity contribution < 1.29 is 22.1 Å². The molecule has 0 unspecified atom stereocenters. The van der Waals surface area contributed by atoms with Crippen LogP contribution >= 0.6 is 0 Å². The van der Waals surface area contributed by atoms with Gasteiger partial charge in [0.2, 0.25) is 0 Å². The number of para-hydroxylation sites is 1. The lowest BCUT2D eigenvalue weighted by Gasteiger charge is -2.28. The van der Waals surface area contributed by atoms with Gasteiger partial charge in [-0.15, -0.1) is 0 Å². The summed E-state index contributed by atoms with van der Waals surface area (Å²) in [5, 5.41) is 5.54. The van der Waals surface area contributed by atoms with Crippen LogP contribution in [-0.4, -0.2) is 57.0 Å². The maximum atomic E-state index is 12.2. The van der Waals surface area contributed by atoms with Crippen molar-refractivity contribution in [2.45, 2.75) is 6.61 Å². The van der Waals surface area contributed by atoms with Crippen LogP contribution in [-0.2, 0) is 25.6 Å². The number of morpholine rings is 1. The molecule has 1 fully saturated rings. The van der Waals surface area contributed by atoms with Crippen LogP contribution in [0.25, 0.3) is 11.4 Å². The summed E-state index contributed by atoms with van der Waals surface area (Å²) in [5.41, 5.74) is 2.45. The second-order valence-corrected chi connectivity index (χ2v) is 9.27. The highest BCUT2D eigenvalue weighted by Crippen LogP contribution is 2.23. The number of hydrogen-bond acceptors (Lipinski definition) is 8.